The molecule has 5 atom stereocenters. The molecule has 1 heterocycles. The lowest BCUT2D eigenvalue weighted by Crippen LogP contribution is -2.50. The number of nitrogen functional groups attached to an aromatic ring is 2. The van der Waals surface area contributed by atoms with Gasteiger partial charge >= 0.3 is 5.97 Å². The normalized spacial score (nSPS) is 14.0. The molecule has 18 nitrogen and oxygen atoms in total. The van der Waals surface area contributed by atoms with Crippen LogP contribution in [0.2, 0.25) is 5.15 Å². The molecule has 1 aromatic heterocycles. The first-order chi connectivity index (χ1) is 31.1. The molecule has 0 aliphatic carbocycles. The Morgan fingerprint density at radius 1 is 0.723 bits per heavy atom. The van der Waals surface area contributed by atoms with Crippen molar-refractivity contribution in [1.29, 1.82) is 0 Å². The van der Waals surface area contributed by atoms with Crippen LogP contribution in [0.25, 0.3) is 11.1 Å². The molecule has 65 heavy (non-hydrogen) atoms. The van der Waals surface area contributed by atoms with Crippen molar-refractivity contribution >= 4 is 47.0 Å². The third-order valence-electron chi connectivity index (χ3n) is 10.8. The first kappa shape index (κ1) is 51.9. The van der Waals surface area contributed by atoms with Gasteiger partial charge in [-0.05, 0) is 98.7 Å². The molecule has 2 amide bonds. The number of carboxylic acid groups (broad SMARTS) is 1. The van der Waals surface area contributed by atoms with Crippen LogP contribution in [0.4, 0.5) is 11.6 Å². The average Bonchev–Trinajstić information content (AvgIpc) is 3.30. The molecule has 0 fully saturated rings. The van der Waals surface area contributed by atoms with E-state index in [9.17, 15) is 39.9 Å². The van der Waals surface area contributed by atoms with Gasteiger partial charge in [0.2, 0.25) is 5.91 Å². The SMILES string of the molecule is NC(=NCCCCc1ccc(-c2ccc(CCC(=O)N[C@@H](CCCCN(CCCc3ccccc3)C[C@H](O)[C@@H](O)[C@H](O)[C@H](O)CO)C(=O)O)cc2)cc1)NC(=O)c1nc(Cl)c(N)nc1N. The number of nitrogens with zero attached hydrogens (tertiary/aromatic N) is 4. The molecule has 0 radical (unpaired) electrons. The van der Waals surface area contributed by atoms with E-state index < -0.39 is 48.9 Å². The van der Waals surface area contributed by atoms with Crippen LogP contribution in [0.15, 0.2) is 83.9 Å². The van der Waals surface area contributed by atoms with Gasteiger partial charge in [0.05, 0.1) is 12.7 Å². The van der Waals surface area contributed by atoms with Gasteiger partial charge in [-0.3, -0.25) is 19.9 Å². The molecule has 352 valence electrons. The summed E-state index contributed by atoms with van der Waals surface area (Å²) < 4.78 is 0. The fraction of sp³-hybridized carbons (Fsp3) is 0.435. The summed E-state index contributed by atoms with van der Waals surface area (Å²) in [5, 5.41) is 64.8. The van der Waals surface area contributed by atoms with Crippen molar-refractivity contribution in [3.8, 4) is 11.1 Å². The number of amides is 2. The Balaban J connectivity index is 1.17. The number of anilines is 2. The summed E-state index contributed by atoms with van der Waals surface area (Å²) in [6.07, 6.45) is -0.803. The number of aryl methyl sites for hydroxylation is 3. The van der Waals surface area contributed by atoms with Crippen molar-refractivity contribution in [2.45, 2.75) is 94.7 Å². The lowest BCUT2D eigenvalue weighted by atomic mass is 9.99. The first-order valence-corrected chi connectivity index (χ1v) is 22.0. The maximum atomic E-state index is 12.9. The molecular weight excluding hydrogens is 858 g/mol. The van der Waals surface area contributed by atoms with E-state index >= 15 is 0 Å². The number of hydrogen-bond donors (Lipinski definition) is 11. The Morgan fingerprint density at radius 3 is 1.94 bits per heavy atom. The van der Waals surface area contributed by atoms with E-state index in [4.69, 9.17) is 33.9 Å². The van der Waals surface area contributed by atoms with Gasteiger partial charge in [-0.2, -0.15) is 0 Å². The molecule has 0 aliphatic rings. The standard InChI is InChI=1S/C46H62ClN9O9/c47-41-43(49)54-42(48)38(53-41)44(63)55-46(50)51-24-6-4-11-30-14-19-32(20-15-30)33-21-16-31(17-22-33)18-23-37(60)52-34(45(64)65)13-5-7-25-56(26-8-12-29-9-2-1-3-10-29)27-35(58)39(61)40(62)36(59)28-57/h1-3,9-10,14-17,19-22,34-36,39-40,57-59,61-62H,4-8,11-13,18,23-28H2,(H,52,60)(H,64,65)(H4,48,49,54)(H3,50,51,55,63)/t34-,35-,36+,39+,40+/m0/s1. The van der Waals surface area contributed by atoms with Gasteiger partial charge in [-0.15, -0.1) is 0 Å². The Bertz CT molecular complexity index is 2130. The fourth-order valence-electron chi connectivity index (χ4n) is 7.04. The number of aliphatic imine (C=N–C) groups is 1. The second-order valence-corrected chi connectivity index (χ2v) is 16.2. The van der Waals surface area contributed by atoms with Crippen LogP contribution in [-0.4, -0.2) is 132 Å². The molecule has 4 rings (SSSR count). The Morgan fingerprint density at radius 2 is 1.31 bits per heavy atom. The molecule has 0 aliphatic heterocycles. The van der Waals surface area contributed by atoms with Gasteiger partial charge < -0.3 is 58.1 Å². The minimum absolute atomic E-state index is 0.0160. The number of carboxylic acids is 1. The van der Waals surface area contributed by atoms with Gasteiger partial charge in [0.15, 0.2) is 28.4 Å². The van der Waals surface area contributed by atoms with Crippen LogP contribution in [0, 0.1) is 0 Å². The number of halogens is 1. The topological polar surface area (TPSA) is 316 Å². The average molecular weight is 921 g/mol. The summed E-state index contributed by atoms with van der Waals surface area (Å²) in [5.41, 5.74) is 22.2. The number of unbranched alkanes of at least 4 members (excludes halogenated alkanes) is 2. The van der Waals surface area contributed by atoms with Crippen LogP contribution in [-0.2, 0) is 28.9 Å². The van der Waals surface area contributed by atoms with Gasteiger partial charge in [-0.1, -0.05) is 90.5 Å². The quantitative estimate of drug-likeness (QED) is 0.0232. The number of nitrogens with one attached hydrogen (secondary N) is 2. The second-order valence-electron chi connectivity index (χ2n) is 15.8. The van der Waals surface area contributed by atoms with Crippen molar-refractivity contribution in [3.05, 3.63) is 106 Å². The Labute approximate surface area is 383 Å². The molecule has 0 saturated heterocycles. The Kier molecular flexibility index (Phi) is 21.5. The van der Waals surface area contributed by atoms with E-state index in [-0.39, 0.29) is 53.7 Å². The van der Waals surface area contributed by atoms with Crippen LogP contribution in [0.1, 0.15) is 72.1 Å². The minimum atomic E-state index is -1.73. The smallest absolute Gasteiger partial charge is 0.326 e. The zero-order valence-electron chi connectivity index (χ0n) is 36.3. The van der Waals surface area contributed by atoms with Crippen LogP contribution in [0.5, 0.6) is 0 Å². The molecule has 0 bridgehead atoms. The predicted octanol–water partition coefficient (Wildman–Crippen LogP) is 2.07. The second kappa shape index (κ2) is 26.9. The number of carbonyl (C=O) groups excluding carboxylic acids is 2. The van der Waals surface area contributed by atoms with E-state index in [1.807, 2.05) is 71.6 Å². The molecule has 3 aromatic carbocycles. The summed E-state index contributed by atoms with van der Waals surface area (Å²) in [7, 11) is 0. The number of hydrogen-bond acceptors (Lipinski definition) is 14. The van der Waals surface area contributed by atoms with E-state index in [1.165, 1.54) is 0 Å². The van der Waals surface area contributed by atoms with Gasteiger partial charge in [0.25, 0.3) is 5.91 Å². The van der Waals surface area contributed by atoms with Crippen molar-refractivity contribution in [2.24, 2.45) is 10.7 Å². The van der Waals surface area contributed by atoms with Crippen molar-refractivity contribution in [1.82, 2.24) is 25.5 Å². The van der Waals surface area contributed by atoms with Crippen molar-refractivity contribution < 1.29 is 45.0 Å². The highest BCUT2D eigenvalue weighted by molar-refractivity contribution is 6.31. The van der Waals surface area contributed by atoms with Crippen LogP contribution >= 0.6 is 11.6 Å². The lowest BCUT2D eigenvalue weighted by molar-refractivity contribution is -0.142. The predicted molar refractivity (Wildman–Crippen MR) is 249 cm³/mol. The van der Waals surface area contributed by atoms with Gasteiger partial charge in [0, 0.05) is 19.5 Å². The summed E-state index contributed by atoms with van der Waals surface area (Å²) in [6, 6.07) is 24.9. The highest BCUT2D eigenvalue weighted by Crippen LogP contribution is 2.22. The zero-order chi connectivity index (χ0) is 47.3. The molecule has 19 heteroatoms. The van der Waals surface area contributed by atoms with E-state index in [1.54, 1.807) is 0 Å². The first-order valence-electron chi connectivity index (χ1n) is 21.6. The van der Waals surface area contributed by atoms with E-state index in [2.05, 4.69) is 37.7 Å². The minimum Gasteiger partial charge on any atom is -0.480 e. The highest BCUT2D eigenvalue weighted by atomic mass is 35.5. The fourth-order valence-corrected chi connectivity index (χ4v) is 7.17. The van der Waals surface area contributed by atoms with Crippen molar-refractivity contribution in [3.63, 3.8) is 0 Å². The van der Waals surface area contributed by atoms with Crippen LogP contribution in [0.3, 0.4) is 0 Å². The summed E-state index contributed by atoms with van der Waals surface area (Å²) in [4.78, 5) is 51.1. The molecule has 0 spiro atoms. The maximum absolute atomic E-state index is 12.9. The lowest BCUT2D eigenvalue weighted by Gasteiger charge is -2.30. The summed E-state index contributed by atoms with van der Waals surface area (Å²) in [6.45, 7) is 0.605. The summed E-state index contributed by atoms with van der Waals surface area (Å²) in [5.74, 6) is -2.55. The maximum Gasteiger partial charge on any atom is 0.326 e. The molecule has 0 unspecified atom stereocenters. The number of rotatable bonds is 27. The van der Waals surface area contributed by atoms with E-state index in [0.29, 0.717) is 38.9 Å². The molecule has 4 aromatic rings. The molecule has 14 N–H and O–H groups in total. The molecular formula is C46H62ClN9O9. The number of benzene rings is 3. The third-order valence-corrected chi connectivity index (χ3v) is 11.1. The number of aliphatic carboxylic acids is 1. The van der Waals surface area contributed by atoms with Crippen molar-refractivity contribution in [2.75, 3.05) is 44.3 Å². The number of carbonyl (C=O) groups is 3. The number of aliphatic hydroxyl groups excluding tert-OH is 5. The zero-order valence-corrected chi connectivity index (χ0v) is 37.1. The number of nitrogens with two attached hydrogens (primary N) is 3. The largest absolute Gasteiger partial charge is 0.480 e. The highest BCUT2D eigenvalue weighted by Gasteiger charge is 2.31. The number of guanidine groups is 1. The molecule has 0 saturated carbocycles. The summed E-state index contributed by atoms with van der Waals surface area (Å²) >= 11 is 5.84. The van der Waals surface area contributed by atoms with Gasteiger partial charge in [0.1, 0.15) is 24.4 Å². The van der Waals surface area contributed by atoms with E-state index in [0.717, 1.165) is 59.9 Å². The number of aromatic nitrogens is 2. The Hall–Kier alpha value is -5.73. The van der Waals surface area contributed by atoms with Crippen LogP contribution < -0.4 is 27.8 Å². The monoisotopic (exact) mass is 919 g/mol. The van der Waals surface area contributed by atoms with Gasteiger partial charge in [-0.25, -0.2) is 14.8 Å². The number of aliphatic hydroxyl groups is 5. The third kappa shape index (κ3) is 17.6.